The molecule has 2 unspecified atom stereocenters. The summed E-state index contributed by atoms with van der Waals surface area (Å²) >= 11 is 0. The molecule has 0 aliphatic carbocycles. The van der Waals surface area contributed by atoms with Gasteiger partial charge in [0.25, 0.3) is 6.43 Å². The van der Waals surface area contributed by atoms with Crippen LogP contribution in [0.2, 0.25) is 0 Å². The lowest BCUT2D eigenvalue weighted by molar-refractivity contribution is -0.0905. The molecule has 1 fully saturated rings. The van der Waals surface area contributed by atoms with Crippen molar-refractivity contribution in [1.82, 2.24) is 9.80 Å². The number of ether oxygens (including phenoxy) is 1. The number of rotatable bonds is 3. The van der Waals surface area contributed by atoms with Crippen molar-refractivity contribution in [3.05, 3.63) is 0 Å². The lowest BCUT2D eigenvalue weighted by Crippen LogP contribution is -2.58. The molecule has 0 N–H and O–H groups in total. The minimum atomic E-state index is -3.03. The van der Waals surface area contributed by atoms with E-state index in [2.05, 4.69) is 0 Å². The Morgan fingerprint density at radius 3 is 2.35 bits per heavy atom. The fourth-order valence-corrected chi connectivity index (χ4v) is 2.19. The maximum atomic E-state index is 13.5. The first-order chi connectivity index (χ1) is 9.15. The zero-order chi connectivity index (χ0) is 15.5. The van der Waals surface area contributed by atoms with Gasteiger partial charge in [0.2, 0.25) is 6.30 Å². The highest BCUT2D eigenvalue weighted by Crippen LogP contribution is 2.22. The summed E-state index contributed by atoms with van der Waals surface area (Å²) in [6.45, 7) is 7.54. The highest BCUT2D eigenvalue weighted by atomic mass is 19.3. The van der Waals surface area contributed by atoms with Crippen LogP contribution in [0.1, 0.15) is 34.1 Å². The molecule has 2 atom stereocenters. The van der Waals surface area contributed by atoms with Gasteiger partial charge in [-0.2, -0.15) is 0 Å². The Balaban J connectivity index is 2.65. The van der Waals surface area contributed by atoms with Gasteiger partial charge in [-0.1, -0.05) is 6.92 Å². The highest BCUT2D eigenvalue weighted by molar-refractivity contribution is 5.68. The smallest absolute Gasteiger partial charge is 0.410 e. The van der Waals surface area contributed by atoms with Crippen molar-refractivity contribution in [1.29, 1.82) is 0 Å². The molecule has 0 aromatic rings. The third-order valence-corrected chi connectivity index (χ3v) is 3.18. The van der Waals surface area contributed by atoms with Gasteiger partial charge in [-0.15, -0.1) is 0 Å². The molecule has 1 rings (SSSR count). The lowest BCUT2D eigenvalue weighted by Gasteiger charge is -2.42. The molecule has 0 bridgehead atoms. The molecule has 20 heavy (non-hydrogen) atoms. The Hall–Kier alpha value is -0.980. The zero-order valence-corrected chi connectivity index (χ0v) is 12.4. The van der Waals surface area contributed by atoms with Gasteiger partial charge in [0.15, 0.2) is 0 Å². The predicted molar refractivity (Wildman–Crippen MR) is 69.5 cm³/mol. The Morgan fingerprint density at radius 1 is 1.30 bits per heavy atom. The van der Waals surface area contributed by atoms with E-state index < -0.39 is 30.5 Å². The maximum Gasteiger partial charge on any atom is 0.410 e. The number of carbonyl (C=O) groups excluding carboxylic acids is 1. The third kappa shape index (κ3) is 4.54. The molecule has 0 aromatic heterocycles. The fourth-order valence-electron chi connectivity index (χ4n) is 2.19. The first-order valence-corrected chi connectivity index (χ1v) is 6.81. The molecule has 4 nitrogen and oxygen atoms in total. The van der Waals surface area contributed by atoms with Gasteiger partial charge in [0, 0.05) is 25.7 Å². The average Bonchev–Trinajstić information content (AvgIpc) is 2.34. The van der Waals surface area contributed by atoms with Crippen LogP contribution in [0.3, 0.4) is 0 Å². The van der Waals surface area contributed by atoms with Crippen LogP contribution >= 0.6 is 0 Å². The summed E-state index contributed by atoms with van der Waals surface area (Å²) in [5.74, 6) is 0. The van der Waals surface area contributed by atoms with E-state index in [0.717, 1.165) is 4.90 Å². The predicted octanol–water partition coefficient (Wildman–Crippen LogP) is 2.88. The van der Waals surface area contributed by atoms with Crippen molar-refractivity contribution in [2.45, 2.75) is 58.5 Å². The van der Waals surface area contributed by atoms with Crippen LogP contribution in [-0.4, -0.2) is 59.9 Å². The summed E-state index contributed by atoms with van der Waals surface area (Å²) in [5, 5.41) is 0. The fraction of sp³-hybridized carbons (Fsp3) is 0.923. The summed E-state index contributed by atoms with van der Waals surface area (Å²) in [4.78, 5) is 14.5. The number of hydrogen-bond donors (Lipinski definition) is 0. The van der Waals surface area contributed by atoms with Crippen LogP contribution in [0.5, 0.6) is 0 Å². The second-order valence-corrected chi connectivity index (χ2v) is 5.93. The standard InChI is InChI=1S/C13H23F3N2O2/c1-5-9-8-17(12(19)20-13(2,3)4)6-7-18(9)11(16)10(14)15/h9-11H,5-8H2,1-4H3. The molecule has 7 heteroatoms. The second kappa shape index (κ2) is 6.65. The molecule has 0 aromatic carbocycles. The molecular formula is C13H23F3N2O2. The van der Waals surface area contributed by atoms with E-state index in [-0.39, 0.29) is 19.6 Å². The first kappa shape index (κ1) is 17.1. The van der Waals surface area contributed by atoms with Crippen molar-refractivity contribution in [2.75, 3.05) is 19.6 Å². The zero-order valence-electron chi connectivity index (χ0n) is 12.4. The van der Waals surface area contributed by atoms with Crippen molar-refractivity contribution >= 4 is 6.09 Å². The van der Waals surface area contributed by atoms with Crippen LogP contribution in [0.25, 0.3) is 0 Å². The molecular weight excluding hydrogens is 273 g/mol. The molecule has 1 aliphatic rings. The number of nitrogens with zero attached hydrogens (tertiary/aromatic N) is 2. The third-order valence-electron chi connectivity index (χ3n) is 3.18. The molecule has 0 spiro atoms. The number of alkyl halides is 3. The van der Waals surface area contributed by atoms with Gasteiger partial charge in [0.1, 0.15) is 5.60 Å². The summed E-state index contributed by atoms with van der Waals surface area (Å²) in [6, 6.07) is -0.416. The van der Waals surface area contributed by atoms with Crippen molar-refractivity contribution < 1.29 is 22.7 Å². The van der Waals surface area contributed by atoms with Crippen molar-refractivity contribution in [2.24, 2.45) is 0 Å². The number of carbonyl (C=O) groups is 1. The topological polar surface area (TPSA) is 32.8 Å². The summed E-state index contributed by atoms with van der Waals surface area (Å²) in [5.41, 5.74) is -0.610. The van der Waals surface area contributed by atoms with Gasteiger partial charge >= 0.3 is 6.09 Å². The monoisotopic (exact) mass is 296 g/mol. The van der Waals surface area contributed by atoms with Crippen LogP contribution in [0.15, 0.2) is 0 Å². The first-order valence-electron chi connectivity index (χ1n) is 6.81. The molecule has 1 saturated heterocycles. The normalized spacial score (nSPS) is 23.0. The highest BCUT2D eigenvalue weighted by Gasteiger charge is 2.37. The molecule has 1 aliphatic heterocycles. The van der Waals surface area contributed by atoms with E-state index in [1.54, 1.807) is 27.7 Å². The molecule has 1 heterocycles. The Kier molecular flexibility index (Phi) is 5.68. The molecule has 0 saturated carbocycles. The van der Waals surface area contributed by atoms with E-state index in [9.17, 15) is 18.0 Å². The second-order valence-electron chi connectivity index (χ2n) is 5.93. The van der Waals surface area contributed by atoms with Gasteiger partial charge < -0.3 is 9.64 Å². The van der Waals surface area contributed by atoms with E-state index >= 15 is 0 Å². The summed E-state index contributed by atoms with van der Waals surface area (Å²) in [7, 11) is 0. The summed E-state index contributed by atoms with van der Waals surface area (Å²) < 4.78 is 43.7. The Labute approximate surface area is 117 Å². The number of piperazine rings is 1. The van der Waals surface area contributed by atoms with Crippen molar-refractivity contribution in [3.63, 3.8) is 0 Å². The number of amides is 1. The number of halogens is 3. The van der Waals surface area contributed by atoms with Gasteiger partial charge in [0.05, 0.1) is 0 Å². The van der Waals surface area contributed by atoms with Crippen LogP contribution in [-0.2, 0) is 4.74 Å². The molecule has 118 valence electrons. The molecule has 0 radical (unpaired) electrons. The van der Waals surface area contributed by atoms with E-state index in [0.29, 0.717) is 6.42 Å². The minimum absolute atomic E-state index is 0.0866. The largest absolute Gasteiger partial charge is 0.444 e. The Bertz CT molecular complexity index is 334. The lowest BCUT2D eigenvalue weighted by atomic mass is 10.1. The minimum Gasteiger partial charge on any atom is -0.444 e. The van der Waals surface area contributed by atoms with E-state index in [4.69, 9.17) is 4.74 Å². The number of hydrogen-bond acceptors (Lipinski definition) is 3. The maximum absolute atomic E-state index is 13.5. The summed E-state index contributed by atoms with van der Waals surface area (Å²) in [6.07, 6.45) is -5.30. The molecule has 1 amide bonds. The van der Waals surface area contributed by atoms with Gasteiger partial charge in [-0.3, -0.25) is 4.90 Å². The van der Waals surface area contributed by atoms with Crippen LogP contribution in [0, 0.1) is 0 Å². The SMILES string of the molecule is CCC1CN(C(=O)OC(C)(C)C)CCN1C(F)C(F)F. The van der Waals surface area contributed by atoms with Crippen LogP contribution < -0.4 is 0 Å². The van der Waals surface area contributed by atoms with Gasteiger partial charge in [-0.25, -0.2) is 18.0 Å². The quantitative estimate of drug-likeness (QED) is 0.751. The van der Waals surface area contributed by atoms with E-state index in [1.165, 1.54) is 4.90 Å². The average molecular weight is 296 g/mol. The van der Waals surface area contributed by atoms with Gasteiger partial charge in [-0.05, 0) is 27.2 Å². The Morgan fingerprint density at radius 2 is 1.90 bits per heavy atom. The van der Waals surface area contributed by atoms with Crippen LogP contribution in [0.4, 0.5) is 18.0 Å². The van der Waals surface area contributed by atoms with Crippen molar-refractivity contribution in [3.8, 4) is 0 Å². The van der Waals surface area contributed by atoms with E-state index in [1.807, 2.05) is 0 Å².